The van der Waals surface area contributed by atoms with Crippen molar-refractivity contribution in [1.29, 1.82) is 0 Å². The van der Waals surface area contributed by atoms with Crippen molar-refractivity contribution in [3.8, 4) is 0 Å². The van der Waals surface area contributed by atoms with Crippen LogP contribution in [0.4, 0.5) is 11.6 Å². The number of piperidine rings is 1. The molecule has 3 heterocycles. The van der Waals surface area contributed by atoms with Gasteiger partial charge in [-0.3, -0.25) is 9.69 Å². The van der Waals surface area contributed by atoms with Crippen LogP contribution in [0.5, 0.6) is 0 Å². The van der Waals surface area contributed by atoms with Gasteiger partial charge in [-0.2, -0.15) is 0 Å². The second-order valence-electron chi connectivity index (χ2n) is 8.83. The summed E-state index contributed by atoms with van der Waals surface area (Å²) < 4.78 is 0. The molecule has 2 aromatic rings. The van der Waals surface area contributed by atoms with Gasteiger partial charge in [0, 0.05) is 75.0 Å². The van der Waals surface area contributed by atoms with Crippen LogP contribution < -0.4 is 15.1 Å². The topological polar surface area (TPSA) is 64.6 Å². The molecule has 172 valence electrons. The van der Waals surface area contributed by atoms with E-state index in [-0.39, 0.29) is 11.8 Å². The molecule has 0 aliphatic carbocycles. The Labute approximate surface area is 195 Å². The quantitative estimate of drug-likeness (QED) is 0.721. The first-order chi connectivity index (χ1) is 15.5. The van der Waals surface area contributed by atoms with E-state index in [2.05, 4.69) is 49.0 Å². The van der Waals surface area contributed by atoms with Gasteiger partial charge in [-0.1, -0.05) is 17.7 Å². The van der Waals surface area contributed by atoms with E-state index >= 15 is 0 Å². The highest BCUT2D eigenvalue weighted by atomic mass is 35.5. The predicted octanol–water partition coefficient (Wildman–Crippen LogP) is 2.90. The van der Waals surface area contributed by atoms with Crippen LogP contribution in [0.15, 0.2) is 30.5 Å². The number of aryl methyl sites for hydroxylation is 2. The van der Waals surface area contributed by atoms with Crippen LogP contribution in [-0.4, -0.2) is 73.1 Å². The molecule has 2 aliphatic rings. The van der Waals surface area contributed by atoms with Crippen molar-refractivity contribution in [2.75, 3.05) is 62.2 Å². The lowest BCUT2D eigenvalue weighted by Crippen LogP contribution is -2.49. The number of aromatic nitrogens is 2. The van der Waals surface area contributed by atoms with E-state index in [0.717, 1.165) is 68.8 Å². The monoisotopic (exact) mass is 456 g/mol. The molecule has 32 heavy (non-hydrogen) atoms. The molecule has 1 aromatic carbocycles. The summed E-state index contributed by atoms with van der Waals surface area (Å²) in [5.41, 5.74) is 3.43. The Morgan fingerprint density at radius 1 is 1.12 bits per heavy atom. The van der Waals surface area contributed by atoms with Crippen molar-refractivity contribution in [3.63, 3.8) is 0 Å². The largest absolute Gasteiger partial charge is 0.369 e. The van der Waals surface area contributed by atoms with Gasteiger partial charge in [0.05, 0.1) is 5.92 Å². The Hall–Kier alpha value is -2.38. The van der Waals surface area contributed by atoms with Gasteiger partial charge in [-0.15, -0.1) is 0 Å². The zero-order valence-electron chi connectivity index (χ0n) is 19.1. The lowest BCUT2D eigenvalue weighted by Gasteiger charge is -2.37. The lowest BCUT2D eigenvalue weighted by molar-refractivity contribution is -0.125. The first-order valence-corrected chi connectivity index (χ1v) is 11.9. The van der Waals surface area contributed by atoms with E-state index < -0.39 is 0 Å². The van der Waals surface area contributed by atoms with Gasteiger partial charge in [0.15, 0.2) is 0 Å². The average molecular weight is 457 g/mol. The molecule has 2 saturated heterocycles. The van der Waals surface area contributed by atoms with Gasteiger partial charge in [0.2, 0.25) is 11.9 Å². The first-order valence-electron chi connectivity index (χ1n) is 11.6. The van der Waals surface area contributed by atoms with E-state index in [4.69, 9.17) is 11.6 Å². The van der Waals surface area contributed by atoms with Gasteiger partial charge in [0.25, 0.3) is 0 Å². The lowest BCUT2D eigenvalue weighted by atomic mass is 9.97. The number of carbonyl (C=O) groups excluding carboxylic acids is 1. The summed E-state index contributed by atoms with van der Waals surface area (Å²) in [6.07, 6.45) is 3.70. The summed E-state index contributed by atoms with van der Waals surface area (Å²) in [6.45, 7) is 11.2. The van der Waals surface area contributed by atoms with Crippen LogP contribution in [0.1, 0.15) is 24.1 Å². The van der Waals surface area contributed by atoms with Crippen LogP contribution in [0, 0.1) is 19.8 Å². The maximum atomic E-state index is 12.8. The van der Waals surface area contributed by atoms with Crippen molar-refractivity contribution in [2.24, 2.45) is 5.92 Å². The third-order valence-electron chi connectivity index (χ3n) is 6.47. The summed E-state index contributed by atoms with van der Waals surface area (Å²) in [4.78, 5) is 28.6. The average Bonchev–Trinajstić information content (AvgIpc) is 2.81. The SMILES string of the molecule is Cc1ccnc(N2CCCC(C(=O)NCCN3CCN(c4cc(Cl)ccc4C)CC3)C2)n1. The summed E-state index contributed by atoms with van der Waals surface area (Å²) in [7, 11) is 0. The van der Waals surface area contributed by atoms with Gasteiger partial charge in [0.1, 0.15) is 0 Å². The number of anilines is 2. The number of piperazine rings is 1. The molecule has 1 aromatic heterocycles. The predicted molar refractivity (Wildman–Crippen MR) is 130 cm³/mol. The number of nitrogens with one attached hydrogen (secondary N) is 1. The molecule has 7 nitrogen and oxygen atoms in total. The van der Waals surface area contributed by atoms with E-state index in [1.807, 2.05) is 19.1 Å². The van der Waals surface area contributed by atoms with Gasteiger partial charge < -0.3 is 15.1 Å². The number of nitrogens with zero attached hydrogens (tertiary/aromatic N) is 5. The van der Waals surface area contributed by atoms with Gasteiger partial charge in [-0.05, 0) is 50.5 Å². The minimum absolute atomic E-state index is 0.00415. The minimum Gasteiger partial charge on any atom is -0.369 e. The molecule has 0 spiro atoms. The number of halogens is 1. The van der Waals surface area contributed by atoms with E-state index in [1.54, 1.807) is 6.20 Å². The molecule has 0 bridgehead atoms. The Morgan fingerprint density at radius 3 is 2.72 bits per heavy atom. The highest BCUT2D eigenvalue weighted by molar-refractivity contribution is 6.30. The Kier molecular flexibility index (Phi) is 7.48. The molecule has 0 saturated carbocycles. The summed E-state index contributed by atoms with van der Waals surface area (Å²) in [5, 5.41) is 3.95. The molecule has 1 atom stereocenters. The molecule has 1 unspecified atom stereocenters. The highest BCUT2D eigenvalue weighted by Gasteiger charge is 2.27. The zero-order chi connectivity index (χ0) is 22.5. The van der Waals surface area contributed by atoms with Crippen LogP contribution >= 0.6 is 11.6 Å². The summed E-state index contributed by atoms with van der Waals surface area (Å²) >= 11 is 6.19. The fourth-order valence-electron chi connectivity index (χ4n) is 4.58. The molecular weight excluding hydrogens is 424 g/mol. The molecule has 4 rings (SSSR count). The molecule has 1 N–H and O–H groups in total. The number of hydrogen-bond acceptors (Lipinski definition) is 6. The van der Waals surface area contributed by atoms with Gasteiger partial charge >= 0.3 is 0 Å². The number of carbonyl (C=O) groups is 1. The standard InChI is InChI=1S/C24H33ClN6O/c1-18-5-6-21(25)16-22(18)30-14-12-29(13-15-30)11-9-26-23(32)20-4-3-10-31(17-20)24-27-8-7-19(2)28-24/h5-8,16,20H,3-4,9-15,17H2,1-2H3,(H,26,32). The number of amides is 1. The fourth-order valence-corrected chi connectivity index (χ4v) is 4.74. The van der Waals surface area contributed by atoms with Crippen LogP contribution in [0.25, 0.3) is 0 Å². The highest BCUT2D eigenvalue weighted by Crippen LogP contribution is 2.25. The van der Waals surface area contributed by atoms with Crippen LogP contribution in [-0.2, 0) is 4.79 Å². The molecule has 2 fully saturated rings. The fraction of sp³-hybridized carbons (Fsp3) is 0.542. The van der Waals surface area contributed by atoms with Gasteiger partial charge in [-0.25, -0.2) is 9.97 Å². The molecule has 2 aliphatic heterocycles. The molecule has 1 amide bonds. The van der Waals surface area contributed by atoms with Crippen molar-refractivity contribution in [2.45, 2.75) is 26.7 Å². The smallest absolute Gasteiger partial charge is 0.225 e. The molecular formula is C24H33ClN6O. The maximum absolute atomic E-state index is 12.8. The van der Waals surface area contributed by atoms with E-state index in [9.17, 15) is 4.79 Å². The second kappa shape index (κ2) is 10.5. The molecule has 8 heteroatoms. The third-order valence-corrected chi connectivity index (χ3v) is 6.70. The van der Waals surface area contributed by atoms with Crippen molar-refractivity contribution >= 4 is 29.1 Å². The normalized spacial score (nSPS) is 19.8. The number of benzene rings is 1. The maximum Gasteiger partial charge on any atom is 0.225 e. The summed E-state index contributed by atoms with van der Waals surface area (Å²) in [6, 6.07) is 7.98. The van der Waals surface area contributed by atoms with Crippen LogP contribution in [0.3, 0.4) is 0 Å². The number of rotatable bonds is 6. The van der Waals surface area contributed by atoms with Crippen molar-refractivity contribution < 1.29 is 4.79 Å². The van der Waals surface area contributed by atoms with Crippen molar-refractivity contribution in [3.05, 3.63) is 46.7 Å². The van der Waals surface area contributed by atoms with Crippen LogP contribution in [0.2, 0.25) is 5.02 Å². The van der Waals surface area contributed by atoms with E-state index in [1.165, 1.54) is 11.3 Å². The summed E-state index contributed by atoms with van der Waals surface area (Å²) in [5.74, 6) is 0.876. The zero-order valence-corrected chi connectivity index (χ0v) is 19.8. The third kappa shape index (κ3) is 5.70. The number of hydrogen-bond donors (Lipinski definition) is 1. The second-order valence-corrected chi connectivity index (χ2v) is 9.27. The first kappa shape index (κ1) is 22.8. The molecule has 0 radical (unpaired) electrons. The Morgan fingerprint density at radius 2 is 1.94 bits per heavy atom. The Bertz CT molecular complexity index is 930. The van der Waals surface area contributed by atoms with Crippen molar-refractivity contribution in [1.82, 2.24) is 20.2 Å². The van der Waals surface area contributed by atoms with E-state index in [0.29, 0.717) is 13.1 Å². The minimum atomic E-state index is -0.00415. The Balaban J connectivity index is 1.20.